The first-order chi connectivity index (χ1) is 6.47. The predicted molar refractivity (Wildman–Crippen MR) is 40.5 cm³/mol. The smallest absolute Gasteiger partial charge is 0.381 e. The third-order valence-electron chi connectivity index (χ3n) is 2.99. The Morgan fingerprint density at radius 2 is 1.93 bits per heavy atom. The van der Waals surface area contributed by atoms with E-state index in [9.17, 15) is 18.0 Å². The molecule has 0 aromatic heterocycles. The van der Waals surface area contributed by atoms with Crippen LogP contribution in [0.3, 0.4) is 0 Å². The van der Waals surface area contributed by atoms with Crippen LogP contribution in [0.2, 0.25) is 0 Å². The molecule has 6 heteroatoms. The lowest BCUT2D eigenvalue weighted by Gasteiger charge is -2.50. The lowest BCUT2D eigenvalue weighted by molar-refractivity contribution is -0.223. The summed E-state index contributed by atoms with van der Waals surface area (Å²) in [5.41, 5.74) is -1.24. The number of β-lactam (4-membered cyclic amide) rings is 1. The van der Waals surface area contributed by atoms with Crippen molar-refractivity contribution in [1.29, 1.82) is 0 Å². The van der Waals surface area contributed by atoms with Gasteiger partial charge in [0.05, 0.1) is 5.41 Å². The largest absolute Gasteiger partial charge is 0.409 e. The summed E-state index contributed by atoms with van der Waals surface area (Å²) in [4.78, 5) is 11.2. The lowest BCUT2D eigenvalue weighted by atomic mass is 9.67. The summed E-state index contributed by atoms with van der Waals surface area (Å²) in [6, 6.07) is -1.67. The van der Waals surface area contributed by atoms with Gasteiger partial charge in [0.25, 0.3) is 0 Å². The van der Waals surface area contributed by atoms with Crippen LogP contribution in [0.25, 0.3) is 0 Å². The first kappa shape index (κ1) is 9.76. The summed E-state index contributed by atoms with van der Waals surface area (Å²) in [6.45, 7) is 0.472. The first-order valence-electron chi connectivity index (χ1n) is 4.42. The van der Waals surface area contributed by atoms with Gasteiger partial charge in [-0.15, -0.1) is 0 Å². The van der Waals surface area contributed by atoms with E-state index in [4.69, 9.17) is 4.74 Å². The number of nitrogens with one attached hydrogen (secondary N) is 1. The number of amides is 1. The van der Waals surface area contributed by atoms with Gasteiger partial charge in [0.2, 0.25) is 5.91 Å². The Hall–Kier alpha value is -0.780. The molecule has 1 spiro atoms. The van der Waals surface area contributed by atoms with Crippen LogP contribution in [0.5, 0.6) is 0 Å². The van der Waals surface area contributed by atoms with Gasteiger partial charge in [-0.1, -0.05) is 0 Å². The fourth-order valence-electron chi connectivity index (χ4n) is 2.11. The van der Waals surface area contributed by atoms with Crippen molar-refractivity contribution in [1.82, 2.24) is 5.32 Å². The molecular weight excluding hydrogens is 199 g/mol. The van der Waals surface area contributed by atoms with Crippen molar-refractivity contribution in [2.45, 2.75) is 25.1 Å². The van der Waals surface area contributed by atoms with Crippen LogP contribution in [0.15, 0.2) is 0 Å². The minimum absolute atomic E-state index is 0.170. The molecule has 0 aromatic rings. The Kier molecular flexibility index (Phi) is 1.99. The number of alkyl halides is 3. The summed E-state index contributed by atoms with van der Waals surface area (Å²) in [5.74, 6) is -0.483. The van der Waals surface area contributed by atoms with Crippen LogP contribution >= 0.6 is 0 Å². The number of carbonyl (C=O) groups is 1. The maximum atomic E-state index is 12.4. The number of ether oxygens (including phenoxy) is 1. The van der Waals surface area contributed by atoms with E-state index >= 15 is 0 Å². The third kappa shape index (κ3) is 1.20. The van der Waals surface area contributed by atoms with E-state index in [1.807, 2.05) is 5.32 Å². The lowest BCUT2D eigenvalue weighted by Crippen LogP contribution is -2.73. The zero-order chi connectivity index (χ0) is 10.4. The van der Waals surface area contributed by atoms with Crippen molar-refractivity contribution >= 4 is 5.91 Å². The van der Waals surface area contributed by atoms with E-state index in [0.29, 0.717) is 0 Å². The monoisotopic (exact) mass is 209 g/mol. The molecule has 2 rings (SSSR count). The second-order valence-electron chi connectivity index (χ2n) is 3.72. The summed E-state index contributed by atoms with van der Waals surface area (Å²) < 4.78 is 42.3. The van der Waals surface area contributed by atoms with Crippen LogP contribution in [-0.4, -0.2) is 31.3 Å². The first-order valence-corrected chi connectivity index (χ1v) is 4.42. The molecule has 2 fully saturated rings. The standard InChI is InChI=1S/C8H10F3NO2/c9-8(10,11)5-7(6(13)12-5)1-3-14-4-2-7/h5H,1-4H2,(H,12,13). The molecule has 1 amide bonds. The highest BCUT2D eigenvalue weighted by Crippen LogP contribution is 2.47. The molecule has 0 aliphatic carbocycles. The van der Waals surface area contributed by atoms with Crippen LogP contribution in [0.4, 0.5) is 13.2 Å². The molecule has 1 N–H and O–H groups in total. The summed E-state index contributed by atoms with van der Waals surface area (Å²) in [5, 5.41) is 1.92. The molecule has 0 radical (unpaired) electrons. The average molecular weight is 209 g/mol. The molecule has 0 aromatic carbocycles. The quantitative estimate of drug-likeness (QED) is 0.600. The van der Waals surface area contributed by atoms with Gasteiger partial charge in [0.1, 0.15) is 6.04 Å². The van der Waals surface area contributed by atoms with E-state index in [1.54, 1.807) is 0 Å². The Labute approximate surface area is 78.6 Å². The highest BCUT2D eigenvalue weighted by atomic mass is 19.4. The third-order valence-corrected chi connectivity index (χ3v) is 2.99. The molecular formula is C8H10F3NO2. The number of halogens is 3. The number of carbonyl (C=O) groups excluding carboxylic acids is 1. The zero-order valence-electron chi connectivity index (χ0n) is 7.36. The van der Waals surface area contributed by atoms with Crippen molar-refractivity contribution in [2.75, 3.05) is 13.2 Å². The molecule has 14 heavy (non-hydrogen) atoms. The molecule has 2 aliphatic rings. The van der Waals surface area contributed by atoms with E-state index in [0.717, 1.165) is 0 Å². The minimum Gasteiger partial charge on any atom is -0.381 e. The predicted octanol–water partition coefficient (Wildman–Crippen LogP) is 0.844. The topological polar surface area (TPSA) is 38.3 Å². The van der Waals surface area contributed by atoms with Gasteiger partial charge >= 0.3 is 6.18 Å². The molecule has 1 unspecified atom stereocenters. The van der Waals surface area contributed by atoms with Gasteiger partial charge in [-0.05, 0) is 12.8 Å². The second kappa shape index (κ2) is 2.85. The maximum Gasteiger partial charge on any atom is 0.409 e. The van der Waals surface area contributed by atoms with Gasteiger partial charge in [-0.25, -0.2) is 0 Å². The Balaban J connectivity index is 2.18. The number of hydrogen-bond acceptors (Lipinski definition) is 2. The molecule has 3 nitrogen and oxygen atoms in total. The fraction of sp³-hybridized carbons (Fsp3) is 0.875. The van der Waals surface area contributed by atoms with Crippen molar-refractivity contribution in [3.8, 4) is 0 Å². The normalized spacial score (nSPS) is 31.1. The number of hydrogen-bond donors (Lipinski definition) is 1. The Morgan fingerprint density at radius 3 is 2.36 bits per heavy atom. The fourth-order valence-corrected chi connectivity index (χ4v) is 2.11. The van der Waals surface area contributed by atoms with E-state index < -0.39 is 23.5 Å². The average Bonchev–Trinajstić information content (AvgIpc) is 2.14. The second-order valence-corrected chi connectivity index (χ2v) is 3.72. The molecule has 2 aliphatic heterocycles. The van der Waals surface area contributed by atoms with Gasteiger partial charge in [-0.2, -0.15) is 13.2 Å². The molecule has 2 saturated heterocycles. The summed E-state index contributed by atoms with van der Waals surface area (Å²) in [7, 11) is 0. The maximum absolute atomic E-state index is 12.4. The van der Waals surface area contributed by atoms with Crippen molar-refractivity contribution in [3.05, 3.63) is 0 Å². The van der Waals surface area contributed by atoms with Gasteiger partial charge in [0.15, 0.2) is 0 Å². The van der Waals surface area contributed by atoms with Crippen LogP contribution in [0.1, 0.15) is 12.8 Å². The highest BCUT2D eigenvalue weighted by molar-refractivity contribution is 5.90. The van der Waals surface area contributed by atoms with Crippen LogP contribution < -0.4 is 5.32 Å². The van der Waals surface area contributed by atoms with Crippen molar-refractivity contribution in [3.63, 3.8) is 0 Å². The van der Waals surface area contributed by atoms with Crippen LogP contribution in [-0.2, 0) is 9.53 Å². The minimum atomic E-state index is -4.34. The molecule has 0 saturated carbocycles. The molecule has 80 valence electrons. The Morgan fingerprint density at radius 1 is 1.36 bits per heavy atom. The van der Waals surface area contributed by atoms with Crippen molar-refractivity contribution in [2.24, 2.45) is 5.41 Å². The van der Waals surface area contributed by atoms with Gasteiger partial charge in [-0.3, -0.25) is 4.79 Å². The SMILES string of the molecule is O=C1NC(C(F)(F)F)C12CCOCC2. The van der Waals surface area contributed by atoms with Gasteiger partial charge < -0.3 is 10.1 Å². The Bertz CT molecular complexity index is 258. The molecule has 0 bridgehead atoms. The van der Waals surface area contributed by atoms with Crippen molar-refractivity contribution < 1.29 is 22.7 Å². The van der Waals surface area contributed by atoms with Crippen LogP contribution in [0, 0.1) is 5.41 Å². The molecule has 1 atom stereocenters. The van der Waals surface area contributed by atoms with E-state index in [1.165, 1.54) is 0 Å². The molecule has 2 heterocycles. The summed E-state index contributed by atoms with van der Waals surface area (Å²) in [6.07, 6.45) is -4.00. The zero-order valence-corrected chi connectivity index (χ0v) is 7.36. The van der Waals surface area contributed by atoms with Gasteiger partial charge in [0, 0.05) is 13.2 Å². The van der Waals surface area contributed by atoms with E-state index in [-0.39, 0.29) is 26.1 Å². The van der Waals surface area contributed by atoms with E-state index in [2.05, 4.69) is 0 Å². The number of rotatable bonds is 0. The summed E-state index contributed by atoms with van der Waals surface area (Å²) >= 11 is 0. The highest BCUT2D eigenvalue weighted by Gasteiger charge is 2.65.